The van der Waals surface area contributed by atoms with Gasteiger partial charge in [-0.2, -0.15) is 0 Å². The van der Waals surface area contributed by atoms with Gasteiger partial charge in [0, 0.05) is 48.2 Å². The molecule has 2 nitrogen and oxygen atoms in total. The molecule has 0 aromatic heterocycles. The number of allylic oxidation sites excluding steroid dienone is 5. The maximum absolute atomic E-state index is 4.10. The third kappa shape index (κ3) is 4.36. The standard InChI is InChI=1S/C30H34N2/c1-5-31-29-21-20-28(26-10-8-9-11-27(26)29)30(23-14-12-22(4)13-15-23)24-16-18-25(19-17-24)32(6-2)7-3/h8-21,23,30-31H,4-7H2,1-3H3. The zero-order chi connectivity index (χ0) is 22.5. The van der Waals surface area contributed by atoms with E-state index in [0.29, 0.717) is 0 Å². The Hall–Kier alpha value is -3.26. The highest BCUT2D eigenvalue weighted by atomic mass is 15.1. The Morgan fingerprint density at radius 2 is 1.50 bits per heavy atom. The van der Waals surface area contributed by atoms with Crippen LogP contribution < -0.4 is 10.2 Å². The van der Waals surface area contributed by atoms with Crippen molar-refractivity contribution in [2.75, 3.05) is 29.9 Å². The van der Waals surface area contributed by atoms with Gasteiger partial charge in [0.1, 0.15) is 0 Å². The summed E-state index contributed by atoms with van der Waals surface area (Å²) < 4.78 is 0. The fourth-order valence-electron chi connectivity index (χ4n) is 4.84. The first-order chi connectivity index (χ1) is 15.7. The highest BCUT2D eigenvalue weighted by Gasteiger charge is 2.25. The summed E-state index contributed by atoms with van der Waals surface area (Å²) in [5.74, 6) is 0.523. The second-order valence-electron chi connectivity index (χ2n) is 8.39. The fraction of sp³-hybridized carbons (Fsp3) is 0.267. The molecule has 0 amide bonds. The molecule has 0 spiro atoms. The first-order valence-corrected chi connectivity index (χ1v) is 11.8. The van der Waals surface area contributed by atoms with Crippen LogP contribution in [0.2, 0.25) is 0 Å². The van der Waals surface area contributed by atoms with Gasteiger partial charge in [0.2, 0.25) is 0 Å². The first-order valence-electron chi connectivity index (χ1n) is 11.8. The van der Waals surface area contributed by atoms with E-state index in [2.05, 4.69) is 123 Å². The monoisotopic (exact) mass is 422 g/mol. The van der Waals surface area contributed by atoms with Crippen LogP contribution in [0, 0.1) is 5.92 Å². The number of fused-ring (bicyclic) bond motifs is 1. The van der Waals surface area contributed by atoms with Crippen LogP contribution in [0.4, 0.5) is 11.4 Å². The van der Waals surface area contributed by atoms with E-state index in [4.69, 9.17) is 0 Å². The predicted octanol–water partition coefficient (Wildman–Crippen LogP) is 7.55. The van der Waals surface area contributed by atoms with Crippen LogP contribution in [0.3, 0.4) is 0 Å². The van der Waals surface area contributed by atoms with E-state index >= 15 is 0 Å². The van der Waals surface area contributed by atoms with Crippen LogP contribution >= 0.6 is 0 Å². The lowest BCUT2D eigenvalue weighted by atomic mass is 9.77. The number of hydrogen-bond acceptors (Lipinski definition) is 2. The Morgan fingerprint density at radius 3 is 2.12 bits per heavy atom. The van der Waals surface area contributed by atoms with Crippen LogP contribution in [0.5, 0.6) is 0 Å². The average Bonchev–Trinajstić information content (AvgIpc) is 2.83. The van der Waals surface area contributed by atoms with Crippen LogP contribution in [0.15, 0.2) is 97.1 Å². The summed E-state index contributed by atoms with van der Waals surface area (Å²) in [5, 5.41) is 6.13. The number of benzene rings is 3. The molecule has 1 atom stereocenters. The molecule has 32 heavy (non-hydrogen) atoms. The minimum Gasteiger partial charge on any atom is -0.385 e. The third-order valence-corrected chi connectivity index (χ3v) is 6.49. The molecule has 0 bridgehead atoms. The highest BCUT2D eigenvalue weighted by molar-refractivity contribution is 5.96. The molecular weight excluding hydrogens is 388 g/mol. The number of hydrogen-bond donors (Lipinski definition) is 1. The topological polar surface area (TPSA) is 15.3 Å². The lowest BCUT2D eigenvalue weighted by molar-refractivity contribution is 0.686. The Bertz CT molecular complexity index is 1120. The van der Waals surface area contributed by atoms with Crippen molar-refractivity contribution in [3.8, 4) is 0 Å². The van der Waals surface area contributed by atoms with E-state index in [1.54, 1.807) is 0 Å². The number of nitrogens with one attached hydrogen (secondary N) is 1. The molecule has 0 saturated heterocycles. The van der Waals surface area contributed by atoms with Gasteiger partial charge in [-0.05, 0) is 61.1 Å². The van der Waals surface area contributed by atoms with E-state index in [-0.39, 0.29) is 11.8 Å². The van der Waals surface area contributed by atoms with E-state index in [0.717, 1.165) is 25.2 Å². The van der Waals surface area contributed by atoms with Crippen molar-refractivity contribution in [1.82, 2.24) is 0 Å². The minimum absolute atomic E-state index is 0.238. The molecule has 3 aromatic carbocycles. The zero-order valence-electron chi connectivity index (χ0n) is 19.5. The van der Waals surface area contributed by atoms with Crippen LogP contribution in [0.25, 0.3) is 10.8 Å². The summed E-state index contributed by atoms with van der Waals surface area (Å²) in [6.07, 6.45) is 8.91. The molecule has 4 rings (SSSR count). The summed E-state index contributed by atoms with van der Waals surface area (Å²) in [6.45, 7) is 13.6. The van der Waals surface area contributed by atoms with Gasteiger partial charge < -0.3 is 10.2 Å². The molecule has 0 heterocycles. The van der Waals surface area contributed by atoms with Crippen molar-refractivity contribution < 1.29 is 0 Å². The molecule has 0 saturated carbocycles. The molecule has 2 heteroatoms. The Balaban J connectivity index is 1.85. The second-order valence-corrected chi connectivity index (χ2v) is 8.39. The smallest absolute Gasteiger partial charge is 0.0419 e. The number of anilines is 2. The van der Waals surface area contributed by atoms with Crippen LogP contribution in [0.1, 0.15) is 37.8 Å². The summed E-state index contributed by atoms with van der Waals surface area (Å²) in [6, 6.07) is 22.5. The van der Waals surface area contributed by atoms with Crippen LogP contribution in [-0.4, -0.2) is 19.6 Å². The van der Waals surface area contributed by atoms with E-state index in [9.17, 15) is 0 Å². The van der Waals surface area contributed by atoms with Crippen molar-refractivity contribution in [2.24, 2.45) is 5.92 Å². The van der Waals surface area contributed by atoms with Gasteiger partial charge in [0.25, 0.3) is 0 Å². The molecule has 0 aliphatic heterocycles. The average molecular weight is 423 g/mol. The molecule has 0 radical (unpaired) electrons. The Labute approximate surface area is 193 Å². The summed E-state index contributed by atoms with van der Waals surface area (Å²) in [4.78, 5) is 2.39. The van der Waals surface area contributed by atoms with Gasteiger partial charge in [-0.1, -0.05) is 73.3 Å². The van der Waals surface area contributed by atoms with Gasteiger partial charge >= 0.3 is 0 Å². The first kappa shape index (κ1) is 22.0. The van der Waals surface area contributed by atoms with Crippen molar-refractivity contribution >= 4 is 22.1 Å². The normalized spacial score (nSPS) is 14.7. The van der Waals surface area contributed by atoms with Gasteiger partial charge in [-0.25, -0.2) is 0 Å². The number of rotatable bonds is 8. The lowest BCUT2D eigenvalue weighted by Crippen LogP contribution is -2.21. The summed E-state index contributed by atoms with van der Waals surface area (Å²) in [5.41, 5.74) is 6.25. The largest absolute Gasteiger partial charge is 0.385 e. The fourth-order valence-corrected chi connectivity index (χ4v) is 4.84. The SMILES string of the molecule is C=C1C=CC(C(c2ccc(N(CC)CC)cc2)c2ccc(NCC)c3ccccc23)C=C1. The van der Waals surface area contributed by atoms with E-state index < -0.39 is 0 Å². The van der Waals surface area contributed by atoms with Crippen LogP contribution in [-0.2, 0) is 0 Å². The molecule has 1 aliphatic rings. The van der Waals surface area contributed by atoms with Crippen molar-refractivity contribution in [2.45, 2.75) is 26.7 Å². The lowest BCUT2D eigenvalue weighted by Gasteiger charge is -2.28. The molecule has 164 valence electrons. The molecule has 1 aliphatic carbocycles. The number of nitrogens with zero attached hydrogens (tertiary/aromatic N) is 1. The summed E-state index contributed by atoms with van der Waals surface area (Å²) >= 11 is 0. The maximum Gasteiger partial charge on any atom is 0.0419 e. The molecule has 1 N–H and O–H groups in total. The van der Waals surface area contributed by atoms with E-state index in [1.165, 1.54) is 33.3 Å². The minimum atomic E-state index is 0.238. The molecule has 1 unspecified atom stereocenters. The predicted molar refractivity (Wildman–Crippen MR) is 141 cm³/mol. The van der Waals surface area contributed by atoms with Gasteiger partial charge in [-0.3, -0.25) is 0 Å². The second kappa shape index (κ2) is 9.91. The molecule has 0 fully saturated rings. The zero-order valence-corrected chi connectivity index (χ0v) is 19.5. The van der Waals surface area contributed by atoms with Gasteiger partial charge in [0.05, 0.1) is 0 Å². The van der Waals surface area contributed by atoms with Crippen molar-refractivity contribution in [1.29, 1.82) is 0 Å². The highest BCUT2D eigenvalue weighted by Crippen LogP contribution is 2.41. The Morgan fingerprint density at radius 1 is 0.844 bits per heavy atom. The molecular formula is C30H34N2. The summed E-state index contributed by atoms with van der Waals surface area (Å²) in [7, 11) is 0. The third-order valence-electron chi connectivity index (χ3n) is 6.49. The van der Waals surface area contributed by atoms with Gasteiger partial charge in [0.15, 0.2) is 0 Å². The molecule has 3 aromatic rings. The van der Waals surface area contributed by atoms with Crippen molar-refractivity contribution in [3.05, 3.63) is 108 Å². The van der Waals surface area contributed by atoms with Crippen molar-refractivity contribution in [3.63, 3.8) is 0 Å². The maximum atomic E-state index is 4.10. The van der Waals surface area contributed by atoms with Gasteiger partial charge in [-0.15, -0.1) is 0 Å². The Kier molecular flexibility index (Phi) is 6.80. The van der Waals surface area contributed by atoms with E-state index in [1.807, 2.05) is 0 Å². The quantitative estimate of drug-likeness (QED) is 0.403.